The molecule has 0 saturated carbocycles. The predicted molar refractivity (Wildman–Crippen MR) is 55.8 cm³/mol. The summed E-state index contributed by atoms with van der Waals surface area (Å²) in [5.74, 6) is -0.0427. The second-order valence-corrected chi connectivity index (χ2v) is 3.07. The van der Waals surface area contributed by atoms with Gasteiger partial charge in [-0.1, -0.05) is 40.2 Å². The maximum absolute atomic E-state index is 13.4. The second-order valence-electron chi connectivity index (χ2n) is 2.42. The molecule has 70 valence electrons. The van der Waals surface area contributed by atoms with Crippen molar-refractivity contribution in [1.82, 2.24) is 0 Å². The highest BCUT2D eigenvalue weighted by Crippen LogP contribution is 2.20. The lowest BCUT2D eigenvalue weighted by Crippen LogP contribution is -1.90. The topological polar surface area (TPSA) is 9.23 Å². The van der Waals surface area contributed by atoms with Gasteiger partial charge in [0.05, 0.1) is 7.11 Å². The first-order valence-electron chi connectivity index (χ1n) is 3.84. The highest BCUT2D eigenvalue weighted by molar-refractivity contribution is 9.09. The van der Waals surface area contributed by atoms with Gasteiger partial charge in [0.1, 0.15) is 0 Å². The molecule has 0 aromatic heterocycles. The lowest BCUT2D eigenvalue weighted by Gasteiger charge is -2.03. The van der Waals surface area contributed by atoms with Crippen LogP contribution in [-0.2, 0) is 0 Å². The maximum Gasteiger partial charge on any atom is 0.172 e. The largest absolute Gasteiger partial charge is 0.494 e. The first-order valence-corrected chi connectivity index (χ1v) is 4.96. The molecular formula is C10H10BrFO. The molecule has 1 nitrogen and oxygen atoms in total. The summed E-state index contributed by atoms with van der Waals surface area (Å²) < 4.78 is 18.2. The van der Waals surface area contributed by atoms with E-state index in [2.05, 4.69) is 15.9 Å². The van der Waals surface area contributed by atoms with Crippen molar-refractivity contribution in [3.8, 4) is 5.75 Å². The van der Waals surface area contributed by atoms with Crippen molar-refractivity contribution >= 4 is 22.0 Å². The van der Waals surface area contributed by atoms with Gasteiger partial charge in [-0.25, -0.2) is 4.39 Å². The Balaban J connectivity index is 3.01. The van der Waals surface area contributed by atoms with E-state index in [9.17, 15) is 4.39 Å². The molecule has 0 fully saturated rings. The number of hydrogen-bond acceptors (Lipinski definition) is 1. The Morgan fingerprint density at radius 3 is 2.92 bits per heavy atom. The minimum Gasteiger partial charge on any atom is -0.494 e. The fraction of sp³-hybridized carbons (Fsp3) is 0.200. The van der Waals surface area contributed by atoms with E-state index in [0.29, 0.717) is 10.9 Å². The maximum atomic E-state index is 13.4. The normalized spacial score (nSPS) is 10.7. The van der Waals surface area contributed by atoms with Crippen molar-refractivity contribution in [2.45, 2.75) is 0 Å². The third kappa shape index (κ3) is 2.56. The lowest BCUT2D eigenvalue weighted by molar-refractivity contribution is 0.386. The number of alkyl halides is 1. The first kappa shape index (κ1) is 10.3. The van der Waals surface area contributed by atoms with Crippen molar-refractivity contribution in [3.05, 3.63) is 35.7 Å². The van der Waals surface area contributed by atoms with Crippen LogP contribution in [0.4, 0.5) is 4.39 Å². The smallest absolute Gasteiger partial charge is 0.172 e. The highest BCUT2D eigenvalue weighted by Gasteiger charge is 2.04. The molecule has 0 aliphatic carbocycles. The van der Waals surface area contributed by atoms with Gasteiger partial charge >= 0.3 is 0 Å². The summed E-state index contributed by atoms with van der Waals surface area (Å²) in [5, 5.41) is 0.712. The zero-order valence-electron chi connectivity index (χ0n) is 7.26. The Labute approximate surface area is 85.3 Å². The van der Waals surface area contributed by atoms with Gasteiger partial charge in [0.15, 0.2) is 11.6 Å². The summed E-state index contributed by atoms with van der Waals surface area (Å²) in [6.07, 6.45) is 3.55. The Hall–Kier alpha value is -0.830. The standard InChI is InChI=1S/C10H10BrFO/c1-13-9-6-2-4-8(10(9)12)5-3-7-11/h2-6H,7H2,1H3. The summed E-state index contributed by atoms with van der Waals surface area (Å²) in [5.41, 5.74) is 0.541. The summed E-state index contributed by atoms with van der Waals surface area (Å²) in [6.45, 7) is 0. The molecule has 0 bridgehead atoms. The molecule has 0 atom stereocenters. The summed E-state index contributed by atoms with van der Waals surface area (Å²) in [7, 11) is 1.45. The Morgan fingerprint density at radius 1 is 1.54 bits per heavy atom. The van der Waals surface area contributed by atoms with Gasteiger partial charge < -0.3 is 4.74 Å². The lowest BCUT2D eigenvalue weighted by atomic mass is 10.2. The monoisotopic (exact) mass is 244 g/mol. The molecule has 1 aromatic rings. The molecule has 13 heavy (non-hydrogen) atoms. The molecule has 0 aliphatic heterocycles. The minimum atomic E-state index is -0.317. The van der Waals surface area contributed by atoms with Crippen molar-refractivity contribution in [2.75, 3.05) is 12.4 Å². The van der Waals surface area contributed by atoms with E-state index in [0.717, 1.165) is 0 Å². The van der Waals surface area contributed by atoms with Gasteiger partial charge in [-0.05, 0) is 6.07 Å². The Bertz CT molecular complexity index is 310. The van der Waals surface area contributed by atoms with Gasteiger partial charge in [0, 0.05) is 10.9 Å². The van der Waals surface area contributed by atoms with Crippen molar-refractivity contribution < 1.29 is 9.13 Å². The minimum absolute atomic E-state index is 0.275. The molecule has 1 aromatic carbocycles. The molecule has 0 saturated heterocycles. The summed E-state index contributed by atoms with van der Waals surface area (Å²) in [4.78, 5) is 0. The average Bonchev–Trinajstić information content (AvgIpc) is 2.16. The van der Waals surface area contributed by atoms with Crippen molar-refractivity contribution in [3.63, 3.8) is 0 Å². The van der Waals surface area contributed by atoms with E-state index < -0.39 is 0 Å². The number of ether oxygens (including phenoxy) is 1. The second kappa shape index (κ2) is 5.02. The van der Waals surface area contributed by atoms with Crippen LogP contribution in [0.25, 0.3) is 6.08 Å². The van der Waals surface area contributed by atoms with E-state index in [1.165, 1.54) is 7.11 Å². The number of allylic oxidation sites excluding steroid dienone is 1. The zero-order valence-corrected chi connectivity index (χ0v) is 8.84. The zero-order chi connectivity index (χ0) is 9.68. The average molecular weight is 245 g/mol. The molecular weight excluding hydrogens is 235 g/mol. The van der Waals surface area contributed by atoms with Crippen LogP contribution < -0.4 is 4.74 Å². The fourth-order valence-electron chi connectivity index (χ4n) is 0.986. The molecule has 0 heterocycles. The summed E-state index contributed by atoms with van der Waals surface area (Å²) >= 11 is 3.23. The Kier molecular flexibility index (Phi) is 3.96. The third-order valence-electron chi connectivity index (χ3n) is 1.60. The van der Waals surface area contributed by atoms with Gasteiger partial charge in [-0.3, -0.25) is 0 Å². The summed E-state index contributed by atoms with van der Waals surface area (Å²) in [6, 6.07) is 5.06. The molecule has 0 spiro atoms. The van der Waals surface area contributed by atoms with Crippen LogP contribution >= 0.6 is 15.9 Å². The van der Waals surface area contributed by atoms with Crippen LogP contribution in [0.3, 0.4) is 0 Å². The van der Waals surface area contributed by atoms with Gasteiger partial charge in [0.25, 0.3) is 0 Å². The number of halogens is 2. The predicted octanol–water partition coefficient (Wildman–Crippen LogP) is 3.24. The van der Waals surface area contributed by atoms with Gasteiger partial charge in [-0.2, -0.15) is 0 Å². The molecule has 1 rings (SSSR count). The van der Waals surface area contributed by atoms with Crippen LogP contribution in [0.2, 0.25) is 0 Å². The van der Waals surface area contributed by atoms with Crippen LogP contribution in [0.1, 0.15) is 5.56 Å². The molecule has 3 heteroatoms. The quantitative estimate of drug-likeness (QED) is 0.743. The molecule has 0 aliphatic rings. The van der Waals surface area contributed by atoms with Gasteiger partial charge in [-0.15, -0.1) is 0 Å². The number of hydrogen-bond donors (Lipinski definition) is 0. The Morgan fingerprint density at radius 2 is 2.31 bits per heavy atom. The van der Waals surface area contributed by atoms with Crippen LogP contribution in [0.5, 0.6) is 5.75 Å². The van der Waals surface area contributed by atoms with Crippen molar-refractivity contribution in [1.29, 1.82) is 0 Å². The van der Waals surface area contributed by atoms with E-state index in [-0.39, 0.29) is 11.6 Å². The molecule has 0 unspecified atom stereocenters. The van der Waals surface area contributed by atoms with Crippen molar-refractivity contribution in [2.24, 2.45) is 0 Å². The van der Waals surface area contributed by atoms with E-state index in [1.807, 2.05) is 6.08 Å². The first-order chi connectivity index (χ1) is 6.29. The SMILES string of the molecule is COc1cccc(C=CCBr)c1F. The van der Waals surface area contributed by atoms with E-state index in [4.69, 9.17) is 4.74 Å². The number of rotatable bonds is 3. The van der Waals surface area contributed by atoms with Crippen LogP contribution in [0, 0.1) is 5.82 Å². The number of methoxy groups -OCH3 is 1. The number of benzene rings is 1. The molecule has 0 N–H and O–H groups in total. The van der Waals surface area contributed by atoms with Crippen LogP contribution in [0.15, 0.2) is 24.3 Å². The highest BCUT2D eigenvalue weighted by atomic mass is 79.9. The fourth-order valence-corrected chi connectivity index (χ4v) is 1.17. The van der Waals surface area contributed by atoms with Gasteiger partial charge in [0.2, 0.25) is 0 Å². The molecule has 0 radical (unpaired) electrons. The molecule has 0 amide bonds. The van der Waals surface area contributed by atoms with E-state index >= 15 is 0 Å². The third-order valence-corrected chi connectivity index (χ3v) is 1.97. The van der Waals surface area contributed by atoms with E-state index in [1.54, 1.807) is 24.3 Å². The van der Waals surface area contributed by atoms with Crippen LogP contribution in [-0.4, -0.2) is 12.4 Å².